The predicted octanol–water partition coefficient (Wildman–Crippen LogP) is 0.928. The molecule has 1 aliphatic rings. The molecule has 0 radical (unpaired) electrons. The van der Waals surface area contributed by atoms with E-state index in [1.165, 1.54) is 0 Å². The van der Waals surface area contributed by atoms with Crippen molar-refractivity contribution < 1.29 is 14.4 Å². The smallest absolute Gasteiger partial charge is 0.254 e. The molecule has 3 amide bonds. The Morgan fingerprint density at radius 1 is 1.23 bits per heavy atom. The molecule has 1 aromatic carbocycles. The van der Waals surface area contributed by atoms with Crippen molar-refractivity contribution in [2.45, 2.75) is 31.7 Å². The van der Waals surface area contributed by atoms with Crippen LogP contribution in [0.4, 0.5) is 0 Å². The number of nitrogens with zero attached hydrogens (tertiary/aromatic N) is 1. The summed E-state index contributed by atoms with van der Waals surface area (Å²) in [6.07, 6.45) is 3.10. The lowest BCUT2D eigenvalue weighted by atomic mass is 10.00. The number of nitrogens with two attached hydrogens (primary N) is 1. The molecule has 0 aliphatic carbocycles. The molecule has 0 saturated carbocycles. The normalized spacial score (nSPS) is 16.4. The standard InChI is InChI=1S/C18H26N4O3.ClH/c1-20-17(24)13-5-4-6-14(11-13)18(25)22-10-3-2-7-15(22)12-21-16(23)8-9-19;/h4-6,11,15H,2-3,7-10,12,19H2,1H3,(H,20,24)(H,21,23);1H. The van der Waals surface area contributed by atoms with Crippen LogP contribution in [0.3, 0.4) is 0 Å². The molecule has 0 bridgehead atoms. The van der Waals surface area contributed by atoms with Crippen molar-refractivity contribution in [2.24, 2.45) is 5.73 Å². The summed E-state index contributed by atoms with van der Waals surface area (Å²) in [6, 6.07) is 6.68. The molecule has 1 aromatic rings. The van der Waals surface area contributed by atoms with Gasteiger partial charge in [-0.15, -0.1) is 12.4 Å². The first kappa shape index (κ1) is 21.9. The summed E-state index contributed by atoms with van der Waals surface area (Å²) < 4.78 is 0. The van der Waals surface area contributed by atoms with E-state index >= 15 is 0 Å². The fraction of sp³-hybridized carbons (Fsp3) is 0.500. The molecule has 26 heavy (non-hydrogen) atoms. The van der Waals surface area contributed by atoms with Crippen LogP contribution in [0, 0.1) is 0 Å². The number of halogens is 1. The van der Waals surface area contributed by atoms with E-state index in [1.54, 1.807) is 36.2 Å². The largest absolute Gasteiger partial charge is 0.355 e. The fourth-order valence-electron chi connectivity index (χ4n) is 3.03. The molecular formula is C18H27ClN4O3. The lowest BCUT2D eigenvalue weighted by Gasteiger charge is -2.36. The second-order valence-electron chi connectivity index (χ2n) is 6.15. The molecule has 144 valence electrons. The summed E-state index contributed by atoms with van der Waals surface area (Å²) in [4.78, 5) is 38.1. The minimum Gasteiger partial charge on any atom is -0.355 e. The Morgan fingerprint density at radius 2 is 1.96 bits per heavy atom. The van der Waals surface area contributed by atoms with Gasteiger partial charge in [-0.05, 0) is 37.5 Å². The van der Waals surface area contributed by atoms with Crippen LogP contribution in [0.2, 0.25) is 0 Å². The van der Waals surface area contributed by atoms with Crippen LogP contribution < -0.4 is 16.4 Å². The highest BCUT2D eigenvalue weighted by atomic mass is 35.5. The van der Waals surface area contributed by atoms with E-state index < -0.39 is 0 Å². The van der Waals surface area contributed by atoms with Gasteiger partial charge in [0.1, 0.15) is 0 Å². The number of amides is 3. The van der Waals surface area contributed by atoms with Crippen LogP contribution >= 0.6 is 12.4 Å². The van der Waals surface area contributed by atoms with E-state index in [1.807, 2.05) is 0 Å². The highest BCUT2D eigenvalue weighted by Gasteiger charge is 2.28. The van der Waals surface area contributed by atoms with Crippen molar-refractivity contribution in [2.75, 3.05) is 26.7 Å². The number of hydrogen-bond acceptors (Lipinski definition) is 4. The first-order valence-corrected chi connectivity index (χ1v) is 8.66. The Balaban J connectivity index is 0.00000338. The molecule has 1 fully saturated rings. The van der Waals surface area contributed by atoms with E-state index in [4.69, 9.17) is 5.73 Å². The summed E-state index contributed by atoms with van der Waals surface area (Å²) >= 11 is 0. The molecular weight excluding hydrogens is 356 g/mol. The Bertz CT molecular complexity index is 639. The second-order valence-corrected chi connectivity index (χ2v) is 6.15. The number of benzene rings is 1. The number of piperidine rings is 1. The lowest BCUT2D eigenvalue weighted by molar-refractivity contribution is -0.121. The maximum atomic E-state index is 12.9. The van der Waals surface area contributed by atoms with E-state index in [2.05, 4.69) is 10.6 Å². The van der Waals surface area contributed by atoms with Gasteiger partial charge in [0.25, 0.3) is 11.8 Å². The van der Waals surface area contributed by atoms with Crippen LogP contribution in [0.15, 0.2) is 24.3 Å². The van der Waals surface area contributed by atoms with Gasteiger partial charge in [-0.2, -0.15) is 0 Å². The third-order valence-electron chi connectivity index (χ3n) is 4.39. The molecule has 1 unspecified atom stereocenters. The van der Waals surface area contributed by atoms with Crippen molar-refractivity contribution in [1.82, 2.24) is 15.5 Å². The van der Waals surface area contributed by atoms with Crippen LogP contribution in [0.25, 0.3) is 0 Å². The monoisotopic (exact) mass is 382 g/mol. The number of carbonyl (C=O) groups is 3. The first-order valence-electron chi connectivity index (χ1n) is 8.66. The van der Waals surface area contributed by atoms with Crippen LogP contribution in [0.1, 0.15) is 46.4 Å². The Hall–Kier alpha value is -2.12. The molecule has 8 heteroatoms. The summed E-state index contributed by atoms with van der Waals surface area (Å²) in [5, 5.41) is 5.41. The average molecular weight is 383 g/mol. The highest BCUT2D eigenvalue weighted by Crippen LogP contribution is 2.20. The number of likely N-dealkylation sites (tertiary alicyclic amines) is 1. The number of rotatable bonds is 6. The van der Waals surface area contributed by atoms with Gasteiger partial charge in [-0.3, -0.25) is 14.4 Å². The molecule has 0 aromatic heterocycles. The predicted molar refractivity (Wildman–Crippen MR) is 102 cm³/mol. The SMILES string of the molecule is CNC(=O)c1cccc(C(=O)N2CCCCC2CNC(=O)CCN)c1.Cl. The maximum absolute atomic E-state index is 12.9. The molecule has 2 rings (SSSR count). The van der Waals surface area contributed by atoms with E-state index in [9.17, 15) is 14.4 Å². The maximum Gasteiger partial charge on any atom is 0.254 e. The quantitative estimate of drug-likeness (QED) is 0.680. The summed E-state index contributed by atoms with van der Waals surface area (Å²) in [6.45, 7) is 1.39. The van der Waals surface area contributed by atoms with Crippen molar-refractivity contribution in [3.63, 3.8) is 0 Å². The lowest BCUT2D eigenvalue weighted by Crippen LogP contribution is -2.49. The molecule has 7 nitrogen and oxygen atoms in total. The molecule has 1 saturated heterocycles. The number of carbonyl (C=O) groups excluding carboxylic acids is 3. The Morgan fingerprint density at radius 3 is 2.65 bits per heavy atom. The van der Waals surface area contributed by atoms with Crippen molar-refractivity contribution >= 4 is 30.1 Å². The van der Waals surface area contributed by atoms with Crippen molar-refractivity contribution in [3.05, 3.63) is 35.4 Å². The zero-order valence-electron chi connectivity index (χ0n) is 15.0. The molecule has 1 aliphatic heterocycles. The molecule has 4 N–H and O–H groups in total. The minimum atomic E-state index is -0.223. The van der Waals surface area contributed by atoms with Crippen molar-refractivity contribution in [1.29, 1.82) is 0 Å². The third-order valence-corrected chi connectivity index (χ3v) is 4.39. The van der Waals surface area contributed by atoms with Crippen LogP contribution in [-0.2, 0) is 4.79 Å². The average Bonchev–Trinajstić information content (AvgIpc) is 2.65. The molecule has 1 atom stereocenters. The van der Waals surface area contributed by atoms with Crippen LogP contribution in [0.5, 0.6) is 0 Å². The van der Waals surface area contributed by atoms with Gasteiger partial charge >= 0.3 is 0 Å². The zero-order valence-corrected chi connectivity index (χ0v) is 15.8. The van der Waals surface area contributed by atoms with Gasteiger partial charge in [0, 0.05) is 50.3 Å². The van der Waals surface area contributed by atoms with Crippen molar-refractivity contribution in [3.8, 4) is 0 Å². The van der Waals surface area contributed by atoms with Gasteiger partial charge in [0.2, 0.25) is 5.91 Å². The fourth-order valence-corrected chi connectivity index (χ4v) is 3.03. The molecule has 1 heterocycles. The van der Waals surface area contributed by atoms with Gasteiger partial charge in [-0.1, -0.05) is 6.07 Å². The van der Waals surface area contributed by atoms with E-state index in [0.29, 0.717) is 30.8 Å². The number of nitrogens with one attached hydrogen (secondary N) is 2. The highest BCUT2D eigenvalue weighted by molar-refractivity contribution is 5.99. The number of hydrogen-bond donors (Lipinski definition) is 3. The summed E-state index contributed by atoms with van der Waals surface area (Å²) in [5.41, 5.74) is 6.33. The van der Waals surface area contributed by atoms with Crippen LogP contribution in [-0.4, -0.2) is 55.3 Å². The summed E-state index contributed by atoms with van der Waals surface area (Å²) in [7, 11) is 1.56. The minimum absolute atomic E-state index is 0. The zero-order chi connectivity index (χ0) is 18.2. The Labute approximate surface area is 160 Å². The van der Waals surface area contributed by atoms with Gasteiger partial charge < -0.3 is 21.3 Å². The van der Waals surface area contributed by atoms with Gasteiger partial charge in [-0.25, -0.2) is 0 Å². The second kappa shape index (κ2) is 10.8. The first-order chi connectivity index (χ1) is 12.1. The summed E-state index contributed by atoms with van der Waals surface area (Å²) in [5.74, 6) is -0.426. The third kappa shape index (κ3) is 5.71. The Kier molecular flexibility index (Phi) is 9.09. The van der Waals surface area contributed by atoms with E-state index in [-0.39, 0.29) is 42.6 Å². The topological polar surface area (TPSA) is 105 Å². The van der Waals surface area contributed by atoms with E-state index in [0.717, 1.165) is 19.3 Å². The molecule has 0 spiro atoms. The van der Waals surface area contributed by atoms with Gasteiger partial charge in [0.15, 0.2) is 0 Å². The van der Waals surface area contributed by atoms with Gasteiger partial charge in [0.05, 0.1) is 0 Å².